The third-order valence-corrected chi connectivity index (χ3v) is 2.76. The number of H-pyrrole nitrogens is 1. The van der Waals surface area contributed by atoms with Crippen molar-refractivity contribution < 1.29 is 5.11 Å². The molecule has 3 heteroatoms. The van der Waals surface area contributed by atoms with Crippen molar-refractivity contribution in [2.24, 2.45) is 0 Å². The van der Waals surface area contributed by atoms with Crippen LogP contribution in [-0.2, 0) is 12.8 Å². The second kappa shape index (κ2) is 4.94. The molecule has 16 heavy (non-hydrogen) atoms. The van der Waals surface area contributed by atoms with Gasteiger partial charge in [-0.15, -0.1) is 6.58 Å². The average Bonchev–Trinajstić information content (AvgIpc) is 2.66. The molecule has 0 aromatic carbocycles. The van der Waals surface area contributed by atoms with Gasteiger partial charge in [0.2, 0.25) is 0 Å². The van der Waals surface area contributed by atoms with Gasteiger partial charge in [-0.05, 0) is 30.9 Å². The van der Waals surface area contributed by atoms with Gasteiger partial charge < -0.3 is 10.1 Å². The molecule has 0 aliphatic carbocycles. The van der Waals surface area contributed by atoms with E-state index in [1.54, 1.807) is 6.20 Å². The summed E-state index contributed by atoms with van der Waals surface area (Å²) in [5.74, 6) is 0. The lowest BCUT2D eigenvalue weighted by molar-refractivity contribution is 0.299. The van der Waals surface area contributed by atoms with E-state index in [9.17, 15) is 0 Å². The molecule has 0 saturated carbocycles. The molecule has 0 atom stereocenters. The molecule has 0 saturated heterocycles. The van der Waals surface area contributed by atoms with Crippen molar-refractivity contribution in [3.05, 3.63) is 42.4 Å². The SMILES string of the molecule is C=CCCc1[nH]c2ccncc2c1CCO. The zero-order valence-electron chi connectivity index (χ0n) is 9.24. The molecule has 0 radical (unpaired) electrons. The average molecular weight is 216 g/mol. The summed E-state index contributed by atoms with van der Waals surface area (Å²) in [6, 6.07) is 1.97. The van der Waals surface area contributed by atoms with Crippen LogP contribution in [0.15, 0.2) is 31.1 Å². The molecule has 0 fully saturated rings. The van der Waals surface area contributed by atoms with Crippen molar-refractivity contribution in [1.29, 1.82) is 0 Å². The number of aromatic amines is 1. The van der Waals surface area contributed by atoms with Crippen LogP contribution in [0, 0.1) is 0 Å². The number of hydrogen-bond acceptors (Lipinski definition) is 2. The fourth-order valence-corrected chi connectivity index (χ4v) is 2.00. The summed E-state index contributed by atoms with van der Waals surface area (Å²) in [5, 5.41) is 10.2. The van der Waals surface area contributed by atoms with E-state index >= 15 is 0 Å². The van der Waals surface area contributed by atoms with Crippen molar-refractivity contribution in [3.63, 3.8) is 0 Å². The van der Waals surface area contributed by atoms with Crippen LogP contribution in [-0.4, -0.2) is 21.7 Å². The molecule has 2 aromatic rings. The van der Waals surface area contributed by atoms with Crippen molar-refractivity contribution in [2.75, 3.05) is 6.61 Å². The Morgan fingerprint density at radius 3 is 3.06 bits per heavy atom. The topological polar surface area (TPSA) is 48.9 Å². The maximum atomic E-state index is 9.09. The summed E-state index contributed by atoms with van der Waals surface area (Å²) in [7, 11) is 0. The smallest absolute Gasteiger partial charge is 0.0490 e. The first kappa shape index (κ1) is 10.9. The molecule has 2 aromatic heterocycles. The first-order valence-corrected chi connectivity index (χ1v) is 5.52. The highest BCUT2D eigenvalue weighted by atomic mass is 16.2. The molecule has 84 valence electrons. The van der Waals surface area contributed by atoms with Gasteiger partial charge in [-0.3, -0.25) is 4.98 Å². The Bertz CT molecular complexity index is 488. The molecule has 2 N–H and O–H groups in total. The number of allylic oxidation sites excluding steroid dienone is 1. The highest BCUT2D eigenvalue weighted by Gasteiger charge is 2.09. The Balaban J connectivity index is 2.45. The highest BCUT2D eigenvalue weighted by molar-refractivity contribution is 5.83. The Hall–Kier alpha value is -1.61. The summed E-state index contributed by atoms with van der Waals surface area (Å²) in [6.45, 7) is 3.90. The van der Waals surface area contributed by atoms with Crippen molar-refractivity contribution in [2.45, 2.75) is 19.3 Å². The predicted molar refractivity (Wildman–Crippen MR) is 65.4 cm³/mol. The molecule has 0 unspecified atom stereocenters. The second-order valence-corrected chi connectivity index (χ2v) is 3.80. The van der Waals surface area contributed by atoms with Crippen LogP contribution >= 0.6 is 0 Å². The predicted octanol–water partition coefficient (Wildman–Crippen LogP) is 2.22. The quantitative estimate of drug-likeness (QED) is 0.753. The summed E-state index contributed by atoms with van der Waals surface area (Å²) in [4.78, 5) is 7.51. The standard InChI is InChI=1S/C13H16N2O/c1-2-3-4-12-10(6-8-16)11-9-14-7-5-13(11)15-12/h2,5,7,9,15-16H,1,3-4,6,8H2. The van der Waals surface area contributed by atoms with Gasteiger partial charge in [0.05, 0.1) is 0 Å². The fourth-order valence-electron chi connectivity index (χ4n) is 2.00. The van der Waals surface area contributed by atoms with Gasteiger partial charge in [-0.25, -0.2) is 0 Å². The molecular formula is C13H16N2O. The maximum absolute atomic E-state index is 9.09. The minimum Gasteiger partial charge on any atom is -0.396 e. The molecule has 2 heterocycles. The number of nitrogens with one attached hydrogen (secondary N) is 1. The van der Waals surface area contributed by atoms with Crippen LogP contribution in [0.3, 0.4) is 0 Å². The van der Waals surface area contributed by atoms with Gasteiger partial charge in [-0.2, -0.15) is 0 Å². The summed E-state index contributed by atoms with van der Waals surface area (Å²) in [6.07, 6.45) is 8.10. The van der Waals surface area contributed by atoms with Gasteiger partial charge in [0, 0.05) is 35.6 Å². The van der Waals surface area contributed by atoms with E-state index in [0.29, 0.717) is 6.42 Å². The maximum Gasteiger partial charge on any atom is 0.0490 e. The number of aliphatic hydroxyl groups is 1. The van der Waals surface area contributed by atoms with Gasteiger partial charge in [-0.1, -0.05) is 6.08 Å². The first-order chi connectivity index (χ1) is 7.86. The molecule has 2 rings (SSSR count). The van der Waals surface area contributed by atoms with Gasteiger partial charge >= 0.3 is 0 Å². The lowest BCUT2D eigenvalue weighted by Gasteiger charge is -2.00. The van der Waals surface area contributed by atoms with Crippen LogP contribution in [0.2, 0.25) is 0 Å². The van der Waals surface area contributed by atoms with E-state index in [-0.39, 0.29) is 6.61 Å². The number of nitrogens with zero attached hydrogens (tertiary/aromatic N) is 1. The Morgan fingerprint density at radius 2 is 2.31 bits per heavy atom. The molecule has 0 spiro atoms. The number of aliphatic hydroxyl groups excluding tert-OH is 1. The third-order valence-electron chi connectivity index (χ3n) is 2.76. The molecule has 0 amide bonds. The minimum atomic E-state index is 0.170. The lowest BCUT2D eigenvalue weighted by Crippen LogP contribution is -1.95. The summed E-state index contributed by atoms with van der Waals surface area (Å²) < 4.78 is 0. The van der Waals surface area contributed by atoms with Crippen LogP contribution < -0.4 is 0 Å². The summed E-state index contributed by atoms with van der Waals surface area (Å²) >= 11 is 0. The Kier molecular flexibility index (Phi) is 3.37. The first-order valence-electron chi connectivity index (χ1n) is 5.52. The third kappa shape index (κ3) is 1.99. The van der Waals surface area contributed by atoms with Gasteiger partial charge in [0.1, 0.15) is 0 Å². The normalized spacial score (nSPS) is 10.8. The fraction of sp³-hybridized carbons (Fsp3) is 0.308. The van der Waals surface area contributed by atoms with Crippen molar-refractivity contribution in [1.82, 2.24) is 9.97 Å². The largest absolute Gasteiger partial charge is 0.396 e. The van der Waals surface area contributed by atoms with E-state index < -0.39 is 0 Å². The monoisotopic (exact) mass is 216 g/mol. The Morgan fingerprint density at radius 1 is 1.44 bits per heavy atom. The number of aryl methyl sites for hydroxylation is 1. The molecular weight excluding hydrogens is 200 g/mol. The zero-order valence-corrected chi connectivity index (χ0v) is 9.24. The van der Waals surface area contributed by atoms with Gasteiger partial charge in [0.25, 0.3) is 0 Å². The molecule has 0 aliphatic heterocycles. The van der Waals surface area contributed by atoms with Gasteiger partial charge in [0.15, 0.2) is 0 Å². The van der Waals surface area contributed by atoms with Crippen molar-refractivity contribution in [3.8, 4) is 0 Å². The number of rotatable bonds is 5. The van der Waals surface area contributed by atoms with E-state index in [1.807, 2.05) is 18.3 Å². The van der Waals surface area contributed by atoms with Crippen LogP contribution in [0.25, 0.3) is 10.9 Å². The zero-order chi connectivity index (χ0) is 11.4. The molecule has 3 nitrogen and oxygen atoms in total. The van der Waals surface area contributed by atoms with E-state index in [4.69, 9.17) is 5.11 Å². The molecule has 0 bridgehead atoms. The molecule has 0 aliphatic rings. The second-order valence-electron chi connectivity index (χ2n) is 3.80. The van der Waals surface area contributed by atoms with Crippen LogP contribution in [0.4, 0.5) is 0 Å². The lowest BCUT2D eigenvalue weighted by atomic mass is 10.1. The summed E-state index contributed by atoms with van der Waals surface area (Å²) in [5.41, 5.74) is 3.47. The van der Waals surface area contributed by atoms with E-state index in [1.165, 1.54) is 11.3 Å². The highest BCUT2D eigenvalue weighted by Crippen LogP contribution is 2.23. The van der Waals surface area contributed by atoms with Crippen LogP contribution in [0.1, 0.15) is 17.7 Å². The number of pyridine rings is 1. The van der Waals surface area contributed by atoms with E-state index in [0.717, 1.165) is 23.7 Å². The van der Waals surface area contributed by atoms with Crippen LogP contribution in [0.5, 0.6) is 0 Å². The number of fused-ring (bicyclic) bond motifs is 1. The minimum absolute atomic E-state index is 0.170. The number of hydrogen-bond donors (Lipinski definition) is 2. The van der Waals surface area contributed by atoms with E-state index in [2.05, 4.69) is 16.5 Å². The Labute approximate surface area is 94.8 Å². The number of aromatic nitrogens is 2. The van der Waals surface area contributed by atoms with Crippen molar-refractivity contribution >= 4 is 10.9 Å².